The molecule has 3 aromatic rings. The highest BCUT2D eigenvalue weighted by Gasteiger charge is 2.10. The van der Waals surface area contributed by atoms with Gasteiger partial charge in [0.15, 0.2) is 11.5 Å². The fraction of sp³-hybridized carbons (Fsp3) is 0.250. The standard InChI is InChI=1S/C16H16ClN3O2S/c1-9-6-11-14(19-16(17)20-15(11)23-9)18-8-10-4-5-12(21-2)13(7-10)22-3/h4-7H,8H2,1-3H3,(H,18,19,20). The molecule has 120 valence electrons. The molecule has 0 saturated heterocycles. The highest BCUT2D eigenvalue weighted by Crippen LogP contribution is 2.31. The van der Waals surface area contributed by atoms with Crippen LogP contribution in [-0.2, 0) is 6.54 Å². The summed E-state index contributed by atoms with van der Waals surface area (Å²) in [5.41, 5.74) is 1.05. The first-order valence-electron chi connectivity index (χ1n) is 6.99. The maximum atomic E-state index is 6.01. The van der Waals surface area contributed by atoms with Crippen LogP contribution in [0.2, 0.25) is 5.28 Å². The van der Waals surface area contributed by atoms with Crippen LogP contribution in [0.5, 0.6) is 11.5 Å². The summed E-state index contributed by atoms with van der Waals surface area (Å²) < 4.78 is 10.6. The first-order chi connectivity index (χ1) is 11.1. The number of thiophene rings is 1. The Kier molecular flexibility index (Phi) is 4.54. The maximum Gasteiger partial charge on any atom is 0.225 e. The monoisotopic (exact) mass is 349 g/mol. The fourth-order valence-electron chi connectivity index (χ4n) is 2.33. The summed E-state index contributed by atoms with van der Waals surface area (Å²) >= 11 is 7.61. The van der Waals surface area contributed by atoms with E-state index in [1.807, 2.05) is 25.1 Å². The van der Waals surface area contributed by atoms with Crippen molar-refractivity contribution in [1.82, 2.24) is 9.97 Å². The predicted molar refractivity (Wildman–Crippen MR) is 94.0 cm³/mol. The Hall–Kier alpha value is -2.05. The Bertz CT molecular complexity index is 851. The lowest BCUT2D eigenvalue weighted by Crippen LogP contribution is -2.03. The van der Waals surface area contributed by atoms with Crippen molar-refractivity contribution >= 4 is 39.0 Å². The lowest BCUT2D eigenvalue weighted by atomic mass is 10.2. The second-order valence-electron chi connectivity index (χ2n) is 4.96. The van der Waals surface area contributed by atoms with Gasteiger partial charge in [-0.3, -0.25) is 0 Å². The molecule has 2 heterocycles. The lowest BCUT2D eigenvalue weighted by molar-refractivity contribution is 0.354. The van der Waals surface area contributed by atoms with Gasteiger partial charge in [0, 0.05) is 11.4 Å². The van der Waals surface area contributed by atoms with Gasteiger partial charge in [0.25, 0.3) is 0 Å². The van der Waals surface area contributed by atoms with E-state index in [0.29, 0.717) is 18.0 Å². The highest BCUT2D eigenvalue weighted by atomic mass is 35.5. The van der Waals surface area contributed by atoms with Crippen molar-refractivity contribution < 1.29 is 9.47 Å². The van der Waals surface area contributed by atoms with Crippen LogP contribution < -0.4 is 14.8 Å². The van der Waals surface area contributed by atoms with E-state index >= 15 is 0 Å². The molecule has 23 heavy (non-hydrogen) atoms. The topological polar surface area (TPSA) is 56.3 Å². The molecule has 0 bridgehead atoms. The minimum atomic E-state index is 0.245. The van der Waals surface area contributed by atoms with Gasteiger partial charge in [0.05, 0.1) is 19.6 Å². The number of anilines is 1. The molecule has 0 aliphatic heterocycles. The summed E-state index contributed by atoms with van der Waals surface area (Å²) in [5.74, 6) is 2.14. The molecule has 0 spiro atoms. The molecule has 0 unspecified atom stereocenters. The van der Waals surface area contributed by atoms with E-state index in [-0.39, 0.29) is 5.28 Å². The Morgan fingerprint density at radius 2 is 1.91 bits per heavy atom. The number of aryl methyl sites for hydroxylation is 1. The molecule has 0 radical (unpaired) electrons. The van der Waals surface area contributed by atoms with Crippen LogP contribution >= 0.6 is 22.9 Å². The van der Waals surface area contributed by atoms with Crippen LogP contribution in [0.3, 0.4) is 0 Å². The Labute approximate surface area is 143 Å². The van der Waals surface area contributed by atoms with Crippen molar-refractivity contribution in [2.24, 2.45) is 0 Å². The van der Waals surface area contributed by atoms with Gasteiger partial charge in [-0.25, -0.2) is 9.97 Å². The maximum absolute atomic E-state index is 6.01. The Morgan fingerprint density at radius 1 is 1.13 bits per heavy atom. The van der Waals surface area contributed by atoms with Crippen LogP contribution in [0.4, 0.5) is 5.82 Å². The molecule has 0 fully saturated rings. The van der Waals surface area contributed by atoms with Crippen LogP contribution in [0.1, 0.15) is 10.4 Å². The number of halogens is 1. The van der Waals surface area contributed by atoms with E-state index in [0.717, 1.165) is 21.6 Å². The Morgan fingerprint density at radius 3 is 2.65 bits per heavy atom. The molecular formula is C16H16ClN3O2S. The predicted octanol–water partition coefficient (Wildman–Crippen LogP) is 4.28. The third kappa shape index (κ3) is 3.33. The lowest BCUT2D eigenvalue weighted by Gasteiger charge is -2.11. The van der Waals surface area contributed by atoms with Gasteiger partial charge in [0.2, 0.25) is 5.28 Å². The van der Waals surface area contributed by atoms with Gasteiger partial charge >= 0.3 is 0 Å². The van der Waals surface area contributed by atoms with Gasteiger partial charge < -0.3 is 14.8 Å². The first kappa shape index (κ1) is 15.8. The molecule has 0 saturated carbocycles. The van der Waals surface area contributed by atoms with E-state index < -0.39 is 0 Å². The number of hydrogen-bond acceptors (Lipinski definition) is 6. The fourth-order valence-corrected chi connectivity index (χ4v) is 3.43. The zero-order chi connectivity index (χ0) is 16.4. The molecule has 3 rings (SSSR count). The largest absolute Gasteiger partial charge is 0.493 e. The molecule has 0 aliphatic rings. The zero-order valence-corrected chi connectivity index (χ0v) is 14.6. The number of methoxy groups -OCH3 is 2. The third-order valence-corrected chi connectivity index (χ3v) is 4.51. The Balaban J connectivity index is 1.86. The van der Waals surface area contributed by atoms with Crippen molar-refractivity contribution in [2.45, 2.75) is 13.5 Å². The second-order valence-corrected chi connectivity index (χ2v) is 6.53. The number of rotatable bonds is 5. The zero-order valence-electron chi connectivity index (χ0n) is 13.0. The summed E-state index contributed by atoms with van der Waals surface area (Å²) in [4.78, 5) is 10.6. The average molecular weight is 350 g/mol. The van der Waals surface area contributed by atoms with Crippen molar-refractivity contribution in [1.29, 1.82) is 0 Å². The van der Waals surface area contributed by atoms with E-state index in [4.69, 9.17) is 21.1 Å². The number of fused-ring (bicyclic) bond motifs is 1. The first-order valence-corrected chi connectivity index (χ1v) is 8.18. The van der Waals surface area contributed by atoms with Crippen molar-refractivity contribution in [2.75, 3.05) is 19.5 Å². The summed E-state index contributed by atoms with van der Waals surface area (Å²) in [6.45, 7) is 2.63. The molecule has 0 aliphatic carbocycles. The second kappa shape index (κ2) is 6.60. The SMILES string of the molecule is COc1ccc(CNc2nc(Cl)nc3sc(C)cc23)cc1OC. The summed E-state index contributed by atoms with van der Waals surface area (Å²) in [6, 6.07) is 7.86. The van der Waals surface area contributed by atoms with Crippen LogP contribution in [0.15, 0.2) is 24.3 Å². The van der Waals surface area contributed by atoms with E-state index in [9.17, 15) is 0 Å². The molecule has 1 aromatic carbocycles. The minimum Gasteiger partial charge on any atom is -0.493 e. The third-order valence-electron chi connectivity index (χ3n) is 3.40. The minimum absolute atomic E-state index is 0.245. The normalized spacial score (nSPS) is 10.8. The molecule has 5 nitrogen and oxygen atoms in total. The summed E-state index contributed by atoms with van der Waals surface area (Å²) in [7, 11) is 3.24. The number of benzene rings is 1. The molecule has 1 N–H and O–H groups in total. The van der Waals surface area contributed by atoms with Crippen molar-refractivity contribution in [3.63, 3.8) is 0 Å². The number of hydrogen-bond donors (Lipinski definition) is 1. The molecule has 0 atom stereocenters. The summed E-state index contributed by atoms with van der Waals surface area (Å²) in [6.07, 6.45) is 0. The van der Waals surface area contributed by atoms with Gasteiger partial charge in [-0.15, -0.1) is 11.3 Å². The smallest absolute Gasteiger partial charge is 0.225 e. The van der Waals surface area contributed by atoms with Gasteiger partial charge in [-0.05, 0) is 42.3 Å². The van der Waals surface area contributed by atoms with Gasteiger partial charge in [-0.1, -0.05) is 6.07 Å². The molecular weight excluding hydrogens is 334 g/mol. The highest BCUT2D eigenvalue weighted by molar-refractivity contribution is 7.18. The van der Waals surface area contributed by atoms with Crippen LogP contribution in [-0.4, -0.2) is 24.2 Å². The average Bonchev–Trinajstić information content (AvgIpc) is 2.92. The number of nitrogens with zero attached hydrogens (tertiary/aromatic N) is 2. The van der Waals surface area contributed by atoms with Crippen molar-refractivity contribution in [3.05, 3.63) is 40.0 Å². The van der Waals surface area contributed by atoms with Gasteiger partial charge in [0.1, 0.15) is 10.6 Å². The molecule has 7 heteroatoms. The number of ether oxygens (including phenoxy) is 2. The van der Waals surface area contributed by atoms with E-state index in [2.05, 4.69) is 21.4 Å². The van der Waals surface area contributed by atoms with Gasteiger partial charge in [-0.2, -0.15) is 0 Å². The molecule has 2 aromatic heterocycles. The number of aromatic nitrogens is 2. The van der Waals surface area contributed by atoms with E-state index in [1.165, 1.54) is 4.88 Å². The quantitative estimate of drug-likeness (QED) is 0.696. The van der Waals surface area contributed by atoms with E-state index in [1.54, 1.807) is 25.6 Å². The van der Waals surface area contributed by atoms with Crippen LogP contribution in [0.25, 0.3) is 10.2 Å². The number of nitrogens with one attached hydrogen (secondary N) is 1. The summed E-state index contributed by atoms with van der Waals surface area (Å²) in [5, 5.41) is 4.55. The van der Waals surface area contributed by atoms with Crippen molar-refractivity contribution in [3.8, 4) is 11.5 Å². The van der Waals surface area contributed by atoms with Crippen LogP contribution in [0, 0.1) is 6.92 Å². The molecule has 0 amide bonds.